The average Bonchev–Trinajstić information content (AvgIpc) is 3.32. The number of esters is 1. The Bertz CT molecular complexity index is 1110. The molecule has 1 saturated heterocycles. The molecule has 10 heteroatoms. The Hall–Kier alpha value is -3.90. The molecule has 0 unspecified atom stereocenters. The highest BCUT2D eigenvalue weighted by Crippen LogP contribution is 2.36. The summed E-state index contributed by atoms with van der Waals surface area (Å²) in [4.78, 5) is 37.6. The lowest BCUT2D eigenvalue weighted by molar-refractivity contribution is -0.123. The molecule has 0 aliphatic carbocycles. The van der Waals surface area contributed by atoms with Gasteiger partial charge in [-0.05, 0) is 24.3 Å². The van der Waals surface area contributed by atoms with Crippen molar-refractivity contribution in [2.75, 3.05) is 20.8 Å². The smallest absolute Gasteiger partial charge is 0.373 e. The summed E-state index contributed by atoms with van der Waals surface area (Å²) in [7, 11) is 2.65. The molecule has 1 fully saturated rings. The average molecular weight is 445 g/mol. The van der Waals surface area contributed by atoms with Crippen molar-refractivity contribution in [1.82, 2.24) is 10.2 Å². The van der Waals surface area contributed by atoms with Crippen LogP contribution in [0.15, 0.2) is 34.4 Å². The molecule has 1 aliphatic rings. The number of carbonyl (C=O) groups is 3. The van der Waals surface area contributed by atoms with Gasteiger partial charge in [-0.2, -0.15) is 0 Å². The molecular formula is C21H17ClN2O7. The maximum atomic E-state index is 12.8. The maximum absolute atomic E-state index is 12.8. The van der Waals surface area contributed by atoms with E-state index in [2.05, 4.69) is 16.0 Å². The molecule has 9 nitrogen and oxygen atoms in total. The number of imide groups is 1. The number of benzene rings is 1. The summed E-state index contributed by atoms with van der Waals surface area (Å²) in [6, 6.07) is 5.28. The third-order valence-corrected chi connectivity index (χ3v) is 4.41. The largest absolute Gasteiger partial charge is 0.493 e. The number of terminal acetylenes is 1. The zero-order chi connectivity index (χ0) is 22.5. The van der Waals surface area contributed by atoms with Crippen LogP contribution in [-0.2, 0) is 16.1 Å². The highest BCUT2D eigenvalue weighted by molar-refractivity contribution is 6.31. The van der Waals surface area contributed by atoms with Gasteiger partial charge in [0.25, 0.3) is 5.91 Å². The van der Waals surface area contributed by atoms with Crippen LogP contribution in [0, 0.1) is 12.3 Å². The number of amides is 3. The third kappa shape index (κ3) is 4.65. The Kier molecular flexibility index (Phi) is 6.52. The van der Waals surface area contributed by atoms with Gasteiger partial charge in [0.05, 0.1) is 20.8 Å². The molecule has 2 heterocycles. The Morgan fingerprint density at radius 1 is 1.32 bits per heavy atom. The number of methoxy groups -OCH3 is 2. The van der Waals surface area contributed by atoms with Gasteiger partial charge in [-0.1, -0.05) is 17.5 Å². The van der Waals surface area contributed by atoms with Gasteiger partial charge in [0.15, 0.2) is 11.5 Å². The molecule has 0 atom stereocenters. The van der Waals surface area contributed by atoms with Crippen molar-refractivity contribution in [1.29, 1.82) is 0 Å². The van der Waals surface area contributed by atoms with Crippen molar-refractivity contribution in [2.45, 2.75) is 6.54 Å². The van der Waals surface area contributed by atoms with Crippen LogP contribution in [-0.4, -0.2) is 43.6 Å². The zero-order valence-corrected chi connectivity index (χ0v) is 17.3. The van der Waals surface area contributed by atoms with E-state index in [4.69, 9.17) is 31.9 Å². The number of rotatable bonds is 7. The number of hydrogen-bond donors (Lipinski definition) is 1. The summed E-state index contributed by atoms with van der Waals surface area (Å²) in [6.45, 7) is -0.222. The number of nitrogens with one attached hydrogen (secondary N) is 1. The first-order chi connectivity index (χ1) is 14.9. The number of ether oxygens (including phenoxy) is 3. The van der Waals surface area contributed by atoms with Crippen LogP contribution < -0.4 is 14.8 Å². The number of urea groups is 1. The molecule has 0 spiro atoms. The summed E-state index contributed by atoms with van der Waals surface area (Å²) < 4.78 is 20.7. The molecule has 0 radical (unpaired) electrons. The minimum absolute atomic E-state index is 0.0142. The lowest BCUT2D eigenvalue weighted by Crippen LogP contribution is -2.30. The Morgan fingerprint density at radius 3 is 2.77 bits per heavy atom. The SMILES string of the molecule is C#CCOc1c(/C=C2/NC(=O)N(Cc3ccc(C(=O)OC)o3)C2=O)cc(Cl)cc1OC. The molecular weight excluding hydrogens is 428 g/mol. The van der Waals surface area contributed by atoms with E-state index < -0.39 is 17.9 Å². The van der Waals surface area contributed by atoms with Gasteiger partial charge < -0.3 is 23.9 Å². The minimum atomic E-state index is -0.668. The molecule has 1 aromatic carbocycles. The van der Waals surface area contributed by atoms with Gasteiger partial charge in [0.1, 0.15) is 18.1 Å². The van der Waals surface area contributed by atoms with Gasteiger partial charge in [-0.3, -0.25) is 9.69 Å². The molecule has 31 heavy (non-hydrogen) atoms. The predicted molar refractivity (Wildman–Crippen MR) is 109 cm³/mol. The molecule has 3 rings (SSSR count). The van der Waals surface area contributed by atoms with Crippen molar-refractivity contribution < 1.29 is 33.0 Å². The van der Waals surface area contributed by atoms with Crippen LogP contribution in [0.1, 0.15) is 21.9 Å². The topological polar surface area (TPSA) is 107 Å². The van der Waals surface area contributed by atoms with Gasteiger partial charge >= 0.3 is 12.0 Å². The van der Waals surface area contributed by atoms with Crippen molar-refractivity contribution in [3.05, 3.63) is 52.1 Å². The van der Waals surface area contributed by atoms with Crippen LogP contribution in [0.5, 0.6) is 11.5 Å². The van der Waals surface area contributed by atoms with Crippen LogP contribution >= 0.6 is 11.6 Å². The summed E-state index contributed by atoms with van der Waals surface area (Å²) in [5.74, 6) is 1.84. The quantitative estimate of drug-likeness (QED) is 0.303. The number of halogens is 1. The fourth-order valence-corrected chi connectivity index (χ4v) is 3.03. The molecule has 0 bridgehead atoms. The fourth-order valence-electron chi connectivity index (χ4n) is 2.82. The predicted octanol–water partition coefficient (Wildman–Crippen LogP) is 2.83. The minimum Gasteiger partial charge on any atom is -0.493 e. The first kappa shape index (κ1) is 21.8. The molecule has 1 aromatic heterocycles. The van der Waals surface area contributed by atoms with E-state index in [-0.39, 0.29) is 36.1 Å². The van der Waals surface area contributed by atoms with Crippen molar-refractivity contribution in [2.24, 2.45) is 0 Å². The number of carbonyl (C=O) groups excluding carboxylic acids is 3. The molecule has 1 aliphatic heterocycles. The number of nitrogens with zero attached hydrogens (tertiary/aromatic N) is 1. The first-order valence-corrected chi connectivity index (χ1v) is 9.21. The van der Waals surface area contributed by atoms with Crippen LogP contribution in [0.4, 0.5) is 4.79 Å². The molecule has 160 valence electrons. The zero-order valence-electron chi connectivity index (χ0n) is 16.6. The molecule has 2 aromatic rings. The van der Waals surface area contributed by atoms with E-state index in [1.165, 1.54) is 38.5 Å². The van der Waals surface area contributed by atoms with Gasteiger partial charge in [-0.15, -0.1) is 6.42 Å². The first-order valence-electron chi connectivity index (χ1n) is 8.83. The van der Waals surface area contributed by atoms with E-state index in [1.807, 2.05) is 0 Å². The van der Waals surface area contributed by atoms with Crippen molar-refractivity contribution in [3.63, 3.8) is 0 Å². The van der Waals surface area contributed by atoms with E-state index >= 15 is 0 Å². The second-order valence-electron chi connectivity index (χ2n) is 6.16. The highest BCUT2D eigenvalue weighted by atomic mass is 35.5. The lowest BCUT2D eigenvalue weighted by atomic mass is 10.1. The Morgan fingerprint density at radius 2 is 2.10 bits per heavy atom. The Balaban J connectivity index is 1.88. The fraction of sp³-hybridized carbons (Fsp3) is 0.190. The van der Waals surface area contributed by atoms with E-state index in [1.54, 1.807) is 6.07 Å². The van der Waals surface area contributed by atoms with Crippen molar-refractivity contribution in [3.8, 4) is 23.8 Å². The Labute approximate surface area is 182 Å². The molecule has 0 saturated carbocycles. The summed E-state index contributed by atoms with van der Waals surface area (Å²) in [6.07, 6.45) is 6.66. The van der Waals surface area contributed by atoms with E-state index in [9.17, 15) is 14.4 Å². The number of hydrogen-bond acceptors (Lipinski definition) is 7. The van der Waals surface area contributed by atoms with Gasteiger partial charge in [-0.25, -0.2) is 9.59 Å². The van der Waals surface area contributed by atoms with E-state index in [0.29, 0.717) is 16.3 Å². The molecule has 1 N–H and O–H groups in total. The van der Waals surface area contributed by atoms with Crippen LogP contribution in [0.2, 0.25) is 5.02 Å². The monoisotopic (exact) mass is 444 g/mol. The van der Waals surface area contributed by atoms with Crippen molar-refractivity contribution >= 4 is 35.6 Å². The van der Waals surface area contributed by atoms with Crippen LogP contribution in [0.3, 0.4) is 0 Å². The van der Waals surface area contributed by atoms with Gasteiger partial charge in [0, 0.05) is 16.7 Å². The number of furan rings is 1. The van der Waals surface area contributed by atoms with Gasteiger partial charge in [0.2, 0.25) is 5.76 Å². The highest BCUT2D eigenvalue weighted by Gasteiger charge is 2.34. The summed E-state index contributed by atoms with van der Waals surface area (Å²) in [5, 5.41) is 2.82. The second kappa shape index (κ2) is 9.28. The molecule has 3 amide bonds. The third-order valence-electron chi connectivity index (χ3n) is 4.19. The summed E-state index contributed by atoms with van der Waals surface area (Å²) >= 11 is 6.12. The van der Waals surface area contributed by atoms with E-state index in [0.717, 1.165) is 4.90 Å². The normalized spacial score (nSPS) is 14.4. The van der Waals surface area contributed by atoms with Crippen LogP contribution in [0.25, 0.3) is 6.08 Å². The summed E-state index contributed by atoms with van der Waals surface area (Å²) in [5.41, 5.74) is 0.371. The standard InChI is InChI=1S/C21H17ClN2O7/c1-4-7-30-18-12(8-13(22)10-17(18)28-2)9-15-19(25)24(21(27)23-15)11-14-5-6-16(31-14)20(26)29-3/h1,5-6,8-10H,7,11H2,2-3H3,(H,23,27)/b15-9+. The second-order valence-corrected chi connectivity index (χ2v) is 6.59. The maximum Gasteiger partial charge on any atom is 0.373 e. The lowest BCUT2D eigenvalue weighted by Gasteiger charge is -2.13.